The lowest BCUT2D eigenvalue weighted by atomic mass is 10.3. The number of anilines is 1. The van der Waals surface area contributed by atoms with Gasteiger partial charge in [0.15, 0.2) is 0 Å². The van der Waals surface area contributed by atoms with Gasteiger partial charge in [-0.2, -0.15) is 0 Å². The van der Waals surface area contributed by atoms with Crippen molar-refractivity contribution in [2.24, 2.45) is 0 Å². The molecule has 0 aliphatic rings. The first-order valence-electron chi connectivity index (χ1n) is 10.6. The number of nitro benzene ring substituents is 1. The van der Waals surface area contributed by atoms with Crippen LogP contribution >= 0.6 is 0 Å². The van der Waals surface area contributed by atoms with E-state index in [1.54, 1.807) is 56.5 Å². The average Bonchev–Trinajstić information content (AvgIpc) is 2.87. The Bertz CT molecular complexity index is 1250. The van der Waals surface area contributed by atoms with Gasteiger partial charge in [0.05, 0.1) is 28.7 Å². The first kappa shape index (κ1) is 25.5. The van der Waals surface area contributed by atoms with E-state index in [9.17, 15) is 23.3 Å². The van der Waals surface area contributed by atoms with Gasteiger partial charge in [0.1, 0.15) is 24.7 Å². The van der Waals surface area contributed by atoms with Crippen LogP contribution in [0.1, 0.15) is 6.92 Å². The Labute approximate surface area is 203 Å². The highest BCUT2D eigenvalue weighted by Crippen LogP contribution is 2.25. The van der Waals surface area contributed by atoms with Crippen molar-refractivity contribution in [3.05, 3.63) is 89.0 Å². The van der Waals surface area contributed by atoms with Crippen molar-refractivity contribution < 1.29 is 27.6 Å². The molecule has 0 saturated heterocycles. The highest BCUT2D eigenvalue weighted by atomic mass is 32.2. The predicted molar refractivity (Wildman–Crippen MR) is 130 cm³/mol. The van der Waals surface area contributed by atoms with Crippen molar-refractivity contribution in [2.45, 2.75) is 17.9 Å². The number of benzene rings is 3. The van der Waals surface area contributed by atoms with Gasteiger partial charge in [-0.15, -0.1) is 0 Å². The van der Waals surface area contributed by atoms with E-state index in [1.165, 1.54) is 36.4 Å². The van der Waals surface area contributed by atoms with Gasteiger partial charge in [-0.05, 0) is 55.5 Å². The van der Waals surface area contributed by atoms with Gasteiger partial charge >= 0.3 is 0 Å². The van der Waals surface area contributed by atoms with Crippen LogP contribution in [-0.2, 0) is 14.8 Å². The monoisotopic (exact) mass is 499 g/mol. The van der Waals surface area contributed by atoms with Crippen LogP contribution in [-0.4, -0.2) is 45.6 Å². The van der Waals surface area contributed by atoms with Crippen molar-refractivity contribution in [1.82, 2.24) is 5.32 Å². The van der Waals surface area contributed by atoms with Crippen LogP contribution < -0.4 is 19.1 Å². The van der Waals surface area contributed by atoms with Crippen molar-refractivity contribution in [2.75, 3.05) is 24.6 Å². The van der Waals surface area contributed by atoms with Gasteiger partial charge in [-0.1, -0.05) is 18.2 Å². The predicted octanol–water partition coefficient (Wildman–Crippen LogP) is 3.38. The highest BCUT2D eigenvalue weighted by molar-refractivity contribution is 7.92. The summed E-state index contributed by atoms with van der Waals surface area (Å²) in [7, 11) is -2.56. The van der Waals surface area contributed by atoms with E-state index >= 15 is 0 Å². The molecule has 11 heteroatoms. The number of hydrogen-bond acceptors (Lipinski definition) is 7. The van der Waals surface area contributed by atoms with Crippen LogP contribution in [0.4, 0.5) is 11.4 Å². The summed E-state index contributed by atoms with van der Waals surface area (Å²) in [6.07, 6.45) is 0. The number of non-ortho nitro benzene ring substituents is 1. The Morgan fingerprint density at radius 3 is 2.17 bits per heavy atom. The zero-order valence-electron chi connectivity index (χ0n) is 19.2. The molecule has 0 aliphatic carbocycles. The standard InChI is InChI=1S/C24H25N3O7S/c1-18(17-34-22-14-12-21(33-2)13-15-22)25-24(28)16-26(19-8-10-20(11-9-19)27(29)30)35(31,32)23-6-4-3-5-7-23/h3-15,18H,16-17H2,1-2H3,(H,25,28). The smallest absolute Gasteiger partial charge is 0.269 e. The minimum Gasteiger partial charge on any atom is -0.497 e. The number of ether oxygens (including phenoxy) is 2. The quantitative estimate of drug-likeness (QED) is 0.316. The van der Waals surface area contributed by atoms with Crippen molar-refractivity contribution in [1.29, 1.82) is 0 Å². The highest BCUT2D eigenvalue weighted by Gasteiger charge is 2.28. The summed E-state index contributed by atoms with van der Waals surface area (Å²) in [4.78, 5) is 23.2. The maximum atomic E-state index is 13.3. The normalized spacial score (nSPS) is 11.8. The van der Waals surface area contributed by atoms with Crippen molar-refractivity contribution in [3.8, 4) is 11.5 Å². The molecule has 0 bridgehead atoms. The minimum atomic E-state index is -4.12. The molecule has 1 amide bonds. The fraction of sp³-hybridized carbons (Fsp3) is 0.208. The molecule has 3 aromatic carbocycles. The minimum absolute atomic E-state index is 0.0120. The van der Waals surface area contributed by atoms with Crippen LogP contribution in [0.5, 0.6) is 11.5 Å². The molecular weight excluding hydrogens is 474 g/mol. The summed E-state index contributed by atoms with van der Waals surface area (Å²) in [5.41, 5.74) is -0.0729. The summed E-state index contributed by atoms with van der Waals surface area (Å²) >= 11 is 0. The van der Waals surface area contributed by atoms with Crippen LogP contribution in [0.3, 0.4) is 0 Å². The third kappa shape index (κ3) is 6.70. The molecule has 1 atom stereocenters. The number of sulfonamides is 1. The topological polar surface area (TPSA) is 128 Å². The molecule has 0 saturated carbocycles. The molecule has 3 rings (SSSR count). The zero-order valence-corrected chi connectivity index (χ0v) is 20.0. The fourth-order valence-corrected chi connectivity index (χ4v) is 4.60. The maximum Gasteiger partial charge on any atom is 0.269 e. The van der Waals surface area contributed by atoms with Gasteiger partial charge in [0, 0.05) is 12.1 Å². The summed E-state index contributed by atoms with van der Waals surface area (Å²) in [6, 6.07) is 19.1. The molecule has 1 unspecified atom stereocenters. The summed E-state index contributed by atoms with van der Waals surface area (Å²) < 4.78 is 38.3. The molecule has 0 radical (unpaired) electrons. The Kier molecular flexibility index (Phi) is 8.26. The Balaban J connectivity index is 1.73. The molecule has 10 nitrogen and oxygen atoms in total. The van der Waals surface area contributed by atoms with E-state index in [-0.39, 0.29) is 22.9 Å². The lowest BCUT2D eigenvalue weighted by Crippen LogP contribution is -2.45. The van der Waals surface area contributed by atoms with Gasteiger partial charge in [0.25, 0.3) is 15.7 Å². The Hall–Kier alpha value is -4.12. The number of amides is 1. The molecule has 0 spiro atoms. The molecular formula is C24H25N3O7S. The number of methoxy groups -OCH3 is 1. The molecule has 1 N–H and O–H groups in total. The zero-order chi connectivity index (χ0) is 25.4. The van der Waals surface area contributed by atoms with Gasteiger partial charge < -0.3 is 14.8 Å². The van der Waals surface area contributed by atoms with E-state index in [4.69, 9.17) is 9.47 Å². The van der Waals surface area contributed by atoms with E-state index in [1.807, 2.05) is 0 Å². The van der Waals surface area contributed by atoms with E-state index < -0.39 is 33.4 Å². The second kappa shape index (κ2) is 11.3. The summed E-state index contributed by atoms with van der Waals surface area (Å²) in [5.74, 6) is 0.712. The van der Waals surface area contributed by atoms with Gasteiger partial charge in [-0.25, -0.2) is 8.42 Å². The van der Waals surface area contributed by atoms with Crippen LogP contribution in [0.2, 0.25) is 0 Å². The van der Waals surface area contributed by atoms with E-state index in [0.29, 0.717) is 11.5 Å². The first-order chi connectivity index (χ1) is 16.7. The molecule has 0 heterocycles. The van der Waals surface area contributed by atoms with Crippen molar-refractivity contribution >= 4 is 27.3 Å². The third-order valence-electron chi connectivity index (χ3n) is 4.93. The Morgan fingerprint density at radius 1 is 1.00 bits per heavy atom. The molecule has 3 aromatic rings. The largest absolute Gasteiger partial charge is 0.497 e. The number of hydrogen-bond donors (Lipinski definition) is 1. The molecule has 0 aromatic heterocycles. The lowest BCUT2D eigenvalue weighted by Gasteiger charge is -2.25. The number of nitrogens with zero attached hydrogens (tertiary/aromatic N) is 2. The molecule has 184 valence electrons. The number of carbonyl (C=O) groups excluding carboxylic acids is 1. The van der Waals surface area contributed by atoms with Crippen LogP contribution in [0, 0.1) is 10.1 Å². The number of rotatable bonds is 11. The first-order valence-corrected chi connectivity index (χ1v) is 12.0. The summed E-state index contributed by atoms with van der Waals surface area (Å²) in [5, 5.41) is 13.7. The van der Waals surface area contributed by atoms with Gasteiger partial charge in [-0.3, -0.25) is 19.2 Å². The third-order valence-corrected chi connectivity index (χ3v) is 6.72. The molecule has 35 heavy (non-hydrogen) atoms. The van der Waals surface area contributed by atoms with E-state index in [2.05, 4.69) is 5.32 Å². The summed E-state index contributed by atoms with van der Waals surface area (Å²) in [6.45, 7) is 1.35. The maximum absolute atomic E-state index is 13.3. The fourth-order valence-electron chi connectivity index (χ4n) is 3.16. The number of nitrogens with one attached hydrogen (secondary N) is 1. The van der Waals surface area contributed by atoms with Crippen molar-refractivity contribution in [3.63, 3.8) is 0 Å². The lowest BCUT2D eigenvalue weighted by molar-refractivity contribution is -0.384. The van der Waals surface area contributed by atoms with Gasteiger partial charge in [0.2, 0.25) is 5.91 Å². The van der Waals surface area contributed by atoms with Crippen LogP contribution in [0.15, 0.2) is 83.8 Å². The molecule has 0 aliphatic heterocycles. The Morgan fingerprint density at radius 2 is 1.60 bits per heavy atom. The SMILES string of the molecule is COc1ccc(OCC(C)NC(=O)CN(c2ccc([N+](=O)[O-])cc2)S(=O)(=O)c2ccccc2)cc1. The van der Waals surface area contributed by atoms with Crippen LogP contribution in [0.25, 0.3) is 0 Å². The molecule has 0 fully saturated rings. The second-order valence-corrected chi connectivity index (χ2v) is 9.42. The number of nitro groups is 1. The second-order valence-electron chi connectivity index (χ2n) is 7.55. The average molecular weight is 500 g/mol. The van der Waals surface area contributed by atoms with E-state index in [0.717, 1.165) is 4.31 Å². The number of carbonyl (C=O) groups is 1.